The topological polar surface area (TPSA) is 90.4 Å². The number of nitrogens with zero attached hydrogens (tertiary/aromatic N) is 3. The highest BCUT2D eigenvalue weighted by Crippen LogP contribution is 2.21. The Morgan fingerprint density at radius 3 is 2.95 bits per heavy atom. The van der Waals surface area contributed by atoms with E-state index in [4.69, 9.17) is 16.3 Å². The highest BCUT2D eigenvalue weighted by molar-refractivity contribution is 6.30. The quantitative estimate of drug-likeness (QED) is 0.650. The number of aliphatic hydroxyl groups excluding tert-OH is 1. The van der Waals surface area contributed by atoms with E-state index in [1.165, 1.54) is 23.0 Å². The van der Waals surface area contributed by atoms with Gasteiger partial charge in [0, 0.05) is 6.07 Å². The molecule has 21 heavy (non-hydrogen) atoms. The highest BCUT2D eigenvalue weighted by atomic mass is 35.5. The first-order valence-corrected chi connectivity index (χ1v) is 6.26. The van der Waals surface area contributed by atoms with E-state index in [0.29, 0.717) is 5.75 Å². The van der Waals surface area contributed by atoms with Crippen molar-refractivity contribution in [2.75, 3.05) is 6.61 Å². The zero-order valence-electron chi connectivity index (χ0n) is 10.6. The molecule has 0 fully saturated rings. The Balaban J connectivity index is 1.87. The van der Waals surface area contributed by atoms with E-state index in [1.807, 2.05) is 0 Å². The van der Waals surface area contributed by atoms with Crippen molar-refractivity contribution in [3.63, 3.8) is 0 Å². The Labute approximate surface area is 123 Å². The maximum Gasteiger partial charge on any atom is 0.306 e. The van der Waals surface area contributed by atoms with E-state index in [2.05, 4.69) is 5.10 Å². The average Bonchev–Trinajstić information content (AvgIpc) is 2.89. The van der Waals surface area contributed by atoms with Crippen LogP contribution in [0, 0.1) is 15.9 Å². The van der Waals surface area contributed by atoms with Crippen LogP contribution in [0.25, 0.3) is 0 Å². The largest absolute Gasteiger partial charge is 0.491 e. The van der Waals surface area contributed by atoms with Gasteiger partial charge in [-0.15, -0.1) is 0 Å². The normalized spacial score (nSPS) is 12.1. The fourth-order valence-electron chi connectivity index (χ4n) is 1.57. The van der Waals surface area contributed by atoms with Crippen molar-refractivity contribution in [2.45, 2.75) is 12.6 Å². The molecule has 0 saturated heterocycles. The van der Waals surface area contributed by atoms with E-state index in [0.717, 1.165) is 12.3 Å². The van der Waals surface area contributed by atoms with Crippen molar-refractivity contribution in [1.82, 2.24) is 9.78 Å². The minimum Gasteiger partial charge on any atom is -0.491 e. The van der Waals surface area contributed by atoms with Crippen LogP contribution in [0.15, 0.2) is 30.6 Å². The summed E-state index contributed by atoms with van der Waals surface area (Å²) in [5.41, 5.74) is -0.159. The summed E-state index contributed by atoms with van der Waals surface area (Å²) < 4.78 is 19.4. The molecule has 0 spiro atoms. The van der Waals surface area contributed by atoms with Crippen LogP contribution in [0.1, 0.15) is 0 Å². The van der Waals surface area contributed by atoms with Crippen LogP contribution < -0.4 is 4.74 Å². The Bertz CT molecular complexity index is 649. The van der Waals surface area contributed by atoms with E-state index in [9.17, 15) is 19.6 Å². The third kappa shape index (κ3) is 4.14. The maximum absolute atomic E-state index is 12.9. The molecular weight excluding hydrogens is 305 g/mol. The van der Waals surface area contributed by atoms with Crippen molar-refractivity contribution in [1.29, 1.82) is 0 Å². The van der Waals surface area contributed by atoms with Crippen molar-refractivity contribution >= 4 is 17.3 Å². The third-order valence-corrected chi connectivity index (χ3v) is 2.85. The molecule has 1 heterocycles. The first-order chi connectivity index (χ1) is 9.95. The summed E-state index contributed by atoms with van der Waals surface area (Å²) in [7, 11) is 0. The Morgan fingerprint density at radius 1 is 1.57 bits per heavy atom. The fraction of sp³-hybridized carbons (Fsp3) is 0.250. The van der Waals surface area contributed by atoms with Gasteiger partial charge in [-0.05, 0) is 12.1 Å². The SMILES string of the molecule is O=[N+]([O-])c1cnn(CC(O)COc2ccc(F)c(Cl)c2)c1. The van der Waals surface area contributed by atoms with Gasteiger partial charge in [0.1, 0.15) is 36.7 Å². The summed E-state index contributed by atoms with van der Waals surface area (Å²) in [6.07, 6.45) is 1.36. The molecule has 0 saturated carbocycles. The summed E-state index contributed by atoms with van der Waals surface area (Å²) in [5.74, 6) is -0.250. The molecule has 1 aromatic heterocycles. The molecule has 0 aliphatic rings. The minimum absolute atomic E-state index is 0.0305. The van der Waals surface area contributed by atoms with Gasteiger partial charge in [0.15, 0.2) is 0 Å². The lowest BCUT2D eigenvalue weighted by molar-refractivity contribution is -0.385. The predicted molar refractivity (Wildman–Crippen MR) is 71.8 cm³/mol. The van der Waals surface area contributed by atoms with Gasteiger partial charge >= 0.3 is 5.69 Å². The summed E-state index contributed by atoms with van der Waals surface area (Å²) >= 11 is 5.60. The number of nitro groups is 1. The van der Waals surface area contributed by atoms with Gasteiger partial charge in [-0.1, -0.05) is 11.6 Å². The molecule has 0 radical (unpaired) electrons. The van der Waals surface area contributed by atoms with Gasteiger partial charge in [0.25, 0.3) is 0 Å². The third-order valence-electron chi connectivity index (χ3n) is 2.56. The summed E-state index contributed by atoms with van der Waals surface area (Å²) in [6.45, 7) is -0.0572. The molecular formula is C12H11ClFN3O4. The van der Waals surface area contributed by atoms with Crippen LogP contribution in [0.2, 0.25) is 5.02 Å². The zero-order chi connectivity index (χ0) is 15.4. The second-order valence-corrected chi connectivity index (χ2v) is 4.63. The van der Waals surface area contributed by atoms with Crippen molar-refractivity contribution in [2.24, 2.45) is 0 Å². The molecule has 1 atom stereocenters. The Morgan fingerprint density at radius 2 is 2.33 bits per heavy atom. The van der Waals surface area contributed by atoms with Gasteiger partial charge < -0.3 is 9.84 Å². The van der Waals surface area contributed by atoms with E-state index >= 15 is 0 Å². The van der Waals surface area contributed by atoms with Gasteiger partial charge in [0.05, 0.1) is 16.5 Å². The lowest BCUT2D eigenvalue weighted by Gasteiger charge is -2.12. The molecule has 2 rings (SSSR count). The first-order valence-electron chi connectivity index (χ1n) is 5.88. The Kier molecular flexibility index (Phi) is 4.71. The molecule has 1 aromatic carbocycles. The van der Waals surface area contributed by atoms with E-state index in [-0.39, 0.29) is 23.9 Å². The Hall–Kier alpha value is -2.19. The highest BCUT2D eigenvalue weighted by Gasteiger charge is 2.12. The summed E-state index contributed by atoms with van der Waals surface area (Å²) in [4.78, 5) is 9.92. The smallest absolute Gasteiger partial charge is 0.306 e. The zero-order valence-corrected chi connectivity index (χ0v) is 11.4. The van der Waals surface area contributed by atoms with Crippen LogP contribution in [0.5, 0.6) is 5.75 Å². The molecule has 9 heteroatoms. The minimum atomic E-state index is -0.937. The van der Waals surface area contributed by atoms with E-state index in [1.54, 1.807) is 0 Å². The number of rotatable bonds is 6. The van der Waals surface area contributed by atoms with Crippen LogP contribution in [-0.4, -0.2) is 32.5 Å². The van der Waals surface area contributed by atoms with Gasteiger partial charge in [-0.2, -0.15) is 5.10 Å². The van der Waals surface area contributed by atoms with Gasteiger partial charge in [0.2, 0.25) is 0 Å². The van der Waals surface area contributed by atoms with Gasteiger partial charge in [-0.3, -0.25) is 14.8 Å². The molecule has 0 bridgehead atoms. The molecule has 0 aliphatic carbocycles. The molecule has 112 valence electrons. The van der Waals surface area contributed by atoms with Crippen molar-refractivity contribution < 1.29 is 19.2 Å². The first kappa shape index (κ1) is 15.2. The van der Waals surface area contributed by atoms with Crippen LogP contribution in [0.4, 0.5) is 10.1 Å². The molecule has 0 aliphatic heterocycles. The maximum atomic E-state index is 12.9. The van der Waals surface area contributed by atoms with Crippen LogP contribution in [-0.2, 0) is 6.54 Å². The van der Waals surface area contributed by atoms with Crippen LogP contribution in [0.3, 0.4) is 0 Å². The number of benzene rings is 1. The second-order valence-electron chi connectivity index (χ2n) is 4.22. The predicted octanol–water partition coefficient (Wildman–Crippen LogP) is 2.02. The number of ether oxygens (including phenoxy) is 1. The second kappa shape index (κ2) is 6.51. The number of hydrogen-bond donors (Lipinski definition) is 1. The number of aromatic nitrogens is 2. The lowest BCUT2D eigenvalue weighted by atomic mass is 10.3. The number of hydrogen-bond acceptors (Lipinski definition) is 5. The van der Waals surface area contributed by atoms with Crippen molar-refractivity contribution in [3.05, 3.63) is 51.5 Å². The molecule has 2 aromatic rings. The van der Waals surface area contributed by atoms with Gasteiger partial charge in [-0.25, -0.2) is 4.39 Å². The molecule has 1 unspecified atom stereocenters. The number of aliphatic hydroxyl groups is 1. The molecule has 1 N–H and O–H groups in total. The fourth-order valence-corrected chi connectivity index (χ4v) is 1.75. The molecule has 7 nitrogen and oxygen atoms in total. The van der Waals surface area contributed by atoms with Crippen LogP contribution >= 0.6 is 11.6 Å². The van der Waals surface area contributed by atoms with E-state index < -0.39 is 16.8 Å². The summed E-state index contributed by atoms with van der Waals surface area (Å²) in [6, 6.07) is 3.83. The monoisotopic (exact) mass is 315 g/mol. The lowest BCUT2D eigenvalue weighted by Crippen LogP contribution is -2.23. The standard InChI is InChI=1S/C12H11ClFN3O4/c13-11-3-10(1-2-12(11)14)21-7-9(18)6-16-5-8(4-15-16)17(19)20/h1-5,9,18H,6-7H2. The van der Waals surface area contributed by atoms with Crippen molar-refractivity contribution in [3.8, 4) is 5.75 Å². The molecule has 0 amide bonds. The summed E-state index contributed by atoms with van der Waals surface area (Å²) in [5, 5.41) is 23.9. The average molecular weight is 316 g/mol. The number of halogens is 2.